The van der Waals surface area contributed by atoms with Crippen LogP contribution >= 0.6 is 35.3 Å². The van der Waals surface area contributed by atoms with Crippen LogP contribution in [0.15, 0.2) is 22.5 Å². The molecule has 1 aliphatic rings. The maximum Gasteiger partial charge on any atom is 0.194 e. The molecule has 0 atom stereocenters. The molecule has 1 saturated heterocycles. The van der Waals surface area contributed by atoms with Crippen molar-refractivity contribution in [1.82, 2.24) is 10.2 Å². The Morgan fingerprint density at radius 1 is 1.30 bits per heavy atom. The summed E-state index contributed by atoms with van der Waals surface area (Å²) in [6, 6.07) is 4.26. The third-order valence-electron chi connectivity index (χ3n) is 4.54. The second-order valence-corrected chi connectivity index (χ2v) is 10.8. The van der Waals surface area contributed by atoms with Crippen molar-refractivity contribution in [2.75, 3.05) is 56.2 Å². The van der Waals surface area contributed by atoms with Gasteiger partial charge in [-0.2, -0.15) is 0 Å². The zero-order valence-electron chi connectivity index (χ0n) is 16.8. The number of piperazine rings is 1. The van der Waals surface area contributed by atoms with Crippen LogP contribution in [0.1, 0.15) is 27.2 Å². The van der Waals surface area contributed by atoms with Crippen LogP contribution in [-0.2, 0) is 9.84 Å². The molecule has 0 saturated carbocycles. The van der Waals surface area contributed by atoms with E-state index in [2.05, 4.69) is 53.4 Å². The number of aliphatic imine (C=N–C) groups is 1. The van der Waals surface area contributed by atoms with Gasteiger partial charge in [-0.1, -0.05) is 13.8 Å². The van der Waals surface area contributed by atoms with Gasteiger partial charge in [0, 0.05) is 45.5 Å². The Hall–Kier alpha value is -0.550. The first-order valence-corrected chi connectivity index (χ1v) is 12.1. The minimum atomic E-state index is -2.93. The van der Waals surface area contributed by atoms with Gasteiger partial charge < -0.3 is 15.1 Å². The molecule has 2 rings (SSSR count). The van der Waals surface area contributed by atoms with Gasteiger partial charge in [0.1, 0.15) is 9.84 Å². The molecule has 2 heterocycles. The van der Waals surface area contributed by atoms with Gasteiger partial charge in [-0.25, -0.2) is 8.42 Å². The maximum absolute atomic E-state index is 11.4. The summed E-state index contributed by atoms with van der Waals surface area (Å²) in [7, 11) is -2.93. The number of nitrogens with one attached hydrogen (secondary N) is 1. The number of anilines is 1. The Bertz CT molecular complexity index is 682. The van der Waals surface area contributed by atoms with Crippen LogP contribution in [0.2, 0.25) is 0 Å². The van der Waals surface area contributed by atoms with Gasteiger partial charge in [0.2, 0.25) is 0 Å². The molecule has 0 unspecified atom stereocenters. The summed E-state index contributed by atoms with van der Waals surface area (Å²) >= 11 is 1.78. The predicted octanol–water partition coefficient (Wildman–Crippen LogP) is 2.91. The molecule has 0 aliphatic carbocycles. The molecule has 0 spiro atoms. The minimum absolute atomic E-state index is 0. The molecular formula is C18H33IN4O2S2. The Kier molecular flexibility index (Phi) is 9.84. The van der Waals surface area contributed by atoms with Gasteiger partial charge in [-0.3, -0.25) is 4.99 Å². The molecule has 9 heteroatoms. The Labute approximate surface area is 185 Å². The van der Waals surface area contributed by atoms with Gasteiger partial charge in [0.05, 0.1) is 10.8 Å². The van der Waals surface area contributed by atoms with Crippen molar-refractivity contribution in [3.63, 3.8) is 0 Å². The molecule has 0 bridgehead atoms. The number of guanidine groups is 1. The van der Waals surface area contributed by atoms with E-state index in [1.165, 1.54) is 11.3 Å². The SMILES string of the molecule is CCNC(=NCC(C)(C)CCS(C)(=O)=O)N1CCN(c2cccs2)CC1.I. The molecule has 1 N–H and O–H groups in total. The average molecular weight is 529 g/mol. The van der Waals surface area contributed by atoms with E-state index in [0.717, 1.165) is 38.7 Å². The van der Waals surface area contributed by atoms with Gasteiger partial charge >= 0.3 is 0 Å². The van der Waals surface area contributed by atoms with Gasteiger partial charge in [0.25, 0.3) is 0 Å². The molecule has 0 amide bonds. The topological polar surface area (TPSA) is 65.0 Å². The lowest BCUT2D eigenvalue weighted by atomic mass is 9.90. The second kappa shape index (κ2) is 10.8. The summed E-state index contributed by atoms with van der Waals surface area (Å²) in [5.41, 5.74) is -0.136. The highest BCUT2D eigenvalue weighted by molar-refractivity contribution is 14.0. The molecule has 0 aromatic carbocycles. The number of halogens is 1. The Morgan fingerprint density at radius 3 is 2.48 bits per heavy atom. The van der Waals surface area contributed by atoms with Crippen molar-refractivity contribution in [2.45, 2.75) is 27.2 Å². The fraction of sp³-hybridized carbons (Fsp3) is 0.722. The van der Waals surface area contributed by atoms with Crippen molar-refractivity contribution in [3.8, 4) is 0 Å². The van der Waals surface area contributed by atoms with Gasteiger partial charge in [-0.15, -0.1) is 35.3 Å². The van der Waals surface area contributed by atoms with E-state index in [4.69, 9.17) is 4.99 Å². The number of thiophene rings is 1. The minimum Gasteiger partial charge on any atom is -0.360 e. The fourth-order valence-corrected chi connectivity index (χ4v) is 4.55. The van der Waals surface area contributed by atoms with E-state index in [9.17, 15) is 8.42 Å². The van der Waals surface area contributed by atoms with Crippen molar-refractivity contribution in [1.29, 1.82) is 0 Å². The largest absolute Gasteiger partial charge is 0.360 e. The number of nitrogens with zero attached hydrogens (tertiary/aromatic N) is 3. The molecular weight excluding hydrogens is 495 g/mol. The number of rotatable bonds is 7. The van der Waals surface area contributed by atoms with E-state index < -0.39 is 9.84 Å². The first-order valence-electron chi connectivity index (χ1n) is 9.20. The van der Waals surface area contributed by atoms with Crippen LogP contribution in [0.5, 0.6) is 0 Å². The van der Waals surface area contributed by atoms with Crippen LogP contribution in [-0.4, -0.2) is 70.6 Å². The second-order valence-electron chi connectivity index (χ2n) is 7.64. The lowest BCUT2D eigenvalue weighted by molar-refractivity contribution is 0.348. The van der Waals surface area contributed by atoms with Gasteiger partial charge in [-0.05, 0) is 36.3 Å². The zero-order valence-corrected chi connectivity index (χ0v) is 20.7. The summed E-state index contributed by atoms with van der Waals surface area (Å²) in [5, 5.41) is 6.83. The summed E-state index contributed by atoms with van der Waals surface area (Å²) in [4.78, 5) is 9.54. The lowest BCUT2D eigenvalue weighted by Crippen LogP contribution is -2.52. The molecule has 1 aromatic heterocycles. The number of hydrogen-bond donors (Lipinski definition) is 1. The Morgan fingerprint density at radius 2 is 1.96 bits per heavy atom. The standard InChI is InChI=1S/C18H32N4O2S2.HI/c1-5-19-17(20-15-18(2,3)8-14-26(4,23)24)22-11-9-21(10-12-22)16-7-6-13-25-16;/h6-7,13H,5,8-12,14-15H2,1-4H3,(H,19,20);1H. The molecule has 156 valence electrons. The first kappa shape index (κ1) is 24.5. The number of hydrogen-bond acceptors (Lipinski definition) is 5. The van der Waals surface area contributed by atoms with Crippen molar-refractivity contribution in [3.05, 3.63) is 17.5 Å². The molecule has 1 aromatic rings. The lowest BCUT2D eigenvalue weighted by Gasteiger charge is -2.37. The summed E-state index contributed by atoms with van der Waals surface area (Å²) in [6.07, 6.45) is 1.92. The highest BCUT2D eigenvalue weighted by Gasteiger charge is 2.23. The highest BCUT2D eigenvalue weighted by atomic mass is 127. The highest BCUT2D eigenvalue weighted by Crippen LogP contribution is 2.23. The normalized spacial score (nSPS) is 16.2. The quantitative estimate of drug-likeness (QED) is 0.335. The van der Waals surface area contributed by atoms with E-state index >= 15 is 0 Å². The van der Waals surface area contributed by atoms with Crippen LogP contribution < -0.4 is 10.2 Å². The summed E-state index contributed by atoms with van der Waals surface area (Å²) in [5.74, 6) is 1.15. The Balaban J connectivity index is 0.00000364. The molecule has 0 radical (unpaired) electrons. The van der Waals surface area contributed by atoms with Crippen molar-refractivity contribution in [2.24, 2.45) is 10.4 Å². The van der Waals surface area contributed by atoms with Crippen LogP contribution in [0, 0.1) is 5.41 Å². The zero-order chi connectivity index (χ0) is 19.2. The van der Waals surface area contributed by atoms with Crippen molar-refractivity contribution < 1.29 is 8.42 Å². The van der Waals surface area contributed by atoms with Crippen molar-refractivity contribution >= 4 is 56.1 Å². The van der Waals surface area contributed by atoms with Crippen LogP contribution in [0.3, 0.4) is 0 Å². The molecule has 1 aliphatic heterocycles. The van der Waals surface area contributed by atoms with Crippen LogP contribution in [0.4, 0.5) is 5.00 Å². The maximum atomic E-state index is 11.4. The third-order valence-corrected chi connectivity index (χ3v) is 6.41. The summed E-state index contributed by atoms with van der Waals surface area (Å²) < 4.78 is 22.9. The first-order chi connectivity index (χ1) is 12.2. The summed E-state index contributed by atoms with van der Waals surface area (Å²) in [6.45, 7) is 11.5. The smallest absolute Gasteiger partial charge is 0.194 e. The van der Waals surface area contributed by atoms with E-state index in [0.29, 0.717) is 13.0 Å². The molecule has 1 fully saturated rings. The average Bonchev–Trinajstić information content (AvgIpc) is 3.11. The fourth-order valence-electron chi connectivity index (χ4n) is 2.84. The van der Waals surface area contributed by atoms with E-state index in [1.54, 1.807) is 11.3 Å². The van der Waals surface area contributed by atoms with Gasteiger partial charge in [0.15, 0.2) is 5.96 Å². The van der Waals surface area contributed by atoms with Crippen LogP contribution in [0.25, 0.3) is 0 Å². The molecule has 27 heavy (non-hydrogen) atoms. The monoisotopic (exact) mass is 528 g/mol. The predicted molar refractivity (Wildman–Crippen MR) is 128 cm³/mol. The molecule has 6 nitrogen and oxygen atoms in total. The third kappa shape index (κ3) is 8.55. The number of sulfone groups is 1. The van der Waals surface area contributed by atoms with E-state index in [-0.39, 0.29) is 35.1 Å². The van der Waals surface area contributed by atoms with E-state index in [1.807, 2.05) is 0 Å².